The van der Waals surface area contributed by atoms with Gasteiger partial charge in [0.05, 0.1) is 0 Å². The van der Waals surface area contributed by atoms with Gasteiger partial charge < -0.3 is 5.32 Å². The molecule has 322 valence electrons. The monoisotopic (exact) mass is 748 g/mol. The molecule has 1 N–H and O–H groups in total. The maximum absolute atomic E-state index is 3.91. The van der Waals surface area contributed by atoms with Crippen LogP contribution in [0.25, 0.3) is 0 Å². The van der Waals surface area contributed by atoms with E-state index in [-0.39, 0.29) is 0 Å². The summed E-state index contributed by atoms with van der Waals surface area (Å²) >= 11 is 0. The van der Waals surface area contributed by atoms with Crippen molar-refractivity contribution in [1.82, 2.24) is 5.32 Å². The highest BCUT2D eigenvalue weighted by Crippen LogP contribution is 2.22. The van der Waals surface area contributed by atoms with Crippen molar-refractivity contribution in [3.63, 3.8) is 0 Å². The molecule has 0 aliphatic carbocycles. The molecule has 0 aromatic carbocycles. The second kappa shape index (κ2) is 60.7. The van der Waals surface area contributed by atoms with Crippen LogP contribution in [0.15, 0.2) is 17.9 Å². The molecule has 0 aliphatic rings. The third kappa shape index (κ3) is 66.7. The summed E-state index contributed by atoms with van der Waals surface area (Å²) in [6, 6.07) is 0. The summed E-state index contributed by atoms with van der Waals surface area (Å²) in [6.07, 6.45) is 52.1. The Morgan fingerprint density at radius 3 is 1.00 bits per heavy atom. The third-order valence-electron chi connectivity index (χ3n) is 10.6. The molecule has 1 atom stereocenters. The van der Waals surface area contributed by atoms with Gasteiger partial charge in [-0.05, 0) is 50.3 Å². The fraction of sp³-hybridized carbons (Fsp3) is 0.942. The van der Waals surface area contributed by atoms with E-state index in [1.54, 1.807) is 0 Å². The lowest BCUT2D eigenvalue weighted by Crippen LogP contribution is -2.13. The van der Waals surface area contributed by atoms with Crippen LogP contribution in [-0.2, 0) is 0 Å². The Hall–Kier alpha value is -0.520. The normalized spacial score (nSPS) is 11.0. The standard InChI is InChI=1S/C22H42.C16H34.C10H23N.C4H10/c1-5-8-10-12-14-16-18-21(4)20-22(7-3)19-17-15-13-11-9-6-2;1-3-5-7-9-11-13-15-16-14-12-10-8-6-4-2;1-3-5-6-7-8-9-10-11-4-2;1-3-4-2/h21H,3,5-6,8-20H2,1-2,4H3;3-16H2,1-2H3;11H,3-10H2,1-2H3;3-4H2,1-2H3. The minimum absolute atomic E-state index is 0.815. The first-order chi connectivity index (χ1) is 26.0. The second-order valence-corrected chi connectivity index (χ2v) is 16.5. The summed E-state index contributed by atoms with van der Waals surface area (Å²) in [7, 11) is 0. The first-order valence-corrected chi connectivity index (χ1v) is 25.1. The minimum atomic E-state index is 0.815. The van der Waals surface area contributed by atoms with Crippen LogP contribution >= 0.6 is 0 Å². The fourth-order valence-electron chi connectivity index (χ4n) is 6.65. The lowest BCUT2D eigenvalue weighted by Gasteiger charge is -2.13. The van der Waals surface area contributed by atoms with Crippen molar-refractivity contribution in [2.24, 2.45) is 5.92 Å². The highest BCUT2D eigenvalue weighted by atomic mass is 14.8. The van der Waals surface area contributed by atoms with Gasteiger partial charge in [-0.1, -0.05) is 281 Å². The van der Waals surface area contributed by atoms with Crippen molar-refractivity contribution in [3.05, 3.63) is 17.9 Å². The van der Waals surface area contributed by atoms with Crippen LogP contribution in [-0.4, -0.2) is 13.1 Å². The predicted octanol–water partition coefficient (Wildman–Crippen LogP) is 19.5. The molecule has 0 amide bonds. The van der Waals surface area contributed by atoms with Crippen molar-refractivity contribution in [1.29, 1.82) is 0 Å². The molecule has 1 nitrogen and oxygen atoms in total. The van der Waals surface area contributed by atoms with Crippen molar-refractivity contribution < 1.29 is 0 Å². The fourth-order valence-corrected chi connectivity index (χ4v) is 6.65. The van der Waals surface area contributed by atoms with Gasteiger partial charge in [0.1, 0.15) is 0 Å². The molecule has 53 heavy (non-hydrogen) atoms. The van der Waals surface area contributed by atoms with Gasteiger partial charge in [-0.3, -0.25) is 0 Å². The summed E-state index contributed by atoms with van der Waals surface area (Å²) in [5.74, 6) is 0.815. The number of hydrogen-bond acceptors (Lipinski definition) is 1. The predicted molar refractivity (Wildman–Crippen MR) is 251 cm³/mol. The Morgan fingerprint density at radius 2 is 0.698 bits per heavy atom. The van der Waals surface area contributed by atoms with Gasteiger partial charge in [-0.15, -0.1) is 5.73 Å². The molecule has 0 heterocycles. The highest BCUT2D eigenvalue weighted by Gasteiger charge is 2.06. The van der Waals surface area contributed by atoms with Crippen LogP contribution in [0.1, 0.15) is 300 Å². The smallest absolute Gasteiger partial charge is 0.00490 e. The largest absolute Gasteiger partial charge is 0.317 e. The maximum Gasteiger partial charge on any atom is -0.00490 e. The highest BCUT2D eigenvalue weighted by molar-refractivity contribution is 4.99. The van der Waals surface area contributed by atoms with Crippen LogP contribution in [0, 0.1) is 5.92 Å². The molecule has 0 spiro atoms. The summed E-state index contributed by atoms with van der Waals surface area (Å²) in [4.78, 5) is 0. The summed E-state index contributed by atoms with van der Waals surface area (Å²) in [5, 5.41) is 3.34. The Balaban J connectivity index is -0.000000339. The molecule has 1 heteroatoms. The topological polar surface area (TPSA) is 12.0 Å². The van der Waals surface area contributed by atoms with Crippen molar-refractivity contribution in [2.75, 3.05) is 13.1 Å². The number of rotatable bonds is 38. The maximum atomic E-state index is 3.91. The molecule has 0 aromatic rings. The molecule has 0 rings (SSSR count). The molecule has 0 aromatic heterocycles. The van der Waals surface area contributed by atoms with Crippen LogP contribution in [0.5, 0.6) is 0 Å². The molecular formula is C52H109N. The average molecular weight is 748 g/mol. The lowest BCUT2D eigenvalue weighted by molar-refractivity contribution is 0.472. The number of allylic oxidation sites excluding steroid dienone is 1. The van der Waals surface area contributed by atoms with Gasteiger partial charge >= 0.3 is 0 Å². The van der Waals surface area contributed by atoms with Crippen LogP contribution in [0.3, 0.4) is 0 Å². The SMILES string of the molecule is C=C=C(CCCCCCCC)CC(C)CCCCCCCC.CCCC.CCCCCCCCCCCCCCCC.CCCCCCCCNCC. The quantitative estimate of drug-likeness (QED) is 0.0490. The van der Waals surface area contributed by atoms with E-state index in [9.17, 15) is 0 Å². The molecular weight excluding hydrogens is 639 g/mol. The Morgan fingerprint density at radius 1 is 0.396 bits per heavy atom. The van der Waals surface area contributed by atoms with E-state index in [2.05, 4.69) is 79.9 Å². The van der Waals surface area contributed by atoms with Crippen molar-refractivity contribution in [3.8, 4) is 0 Å². The Labute approximate surface area is 341 Å². The molecule has 0 radical (unpaired) electrons. The van der Waals surface area contributed by atoms with E-state index in [1.165, 1.54) is 250 Å². The van der Waals surface area contributed by atoms with Crippen molar-refractivity contribution in [2.45, 2.75) is 300 Å². The van der Waals surface area contributed by atoms with Gasteiger partial charge in [0, 0.05) is 0 Å². The van der Waals surface area contributed by atoms with Crippen LogP contribution in [0.4, 0.5) is 0 Å². The van der Waals surface area contributed by atoms with E-state index in [0.717, 1.165) is 12.5 Å². The van der Waals surface area contributed by atoms with Crippen molar-refractivity contribution >= 4 is 0 Å². The molecule has 0 aliphatic heterocycles. The molecule has 0 saturated heterocycles. The van der Waals surface area contributed by atoms with Crippen LogP contribution in [0.2, 0.25) is 0 Å². The zero-order valence-corrected chi connectivity index (χ0v) is 39.4. The number of nitrogens with one attached hydrogen (secondary N) is 1. The van der Waals surface area contributed by atoms with Gasteiger partial charge in [0.2, 0.25) is 0 Å². The number of hydrogen-bond donors (Lipinski definition) is 1. The average Bonchev–Trinajstić information content (AvgIpc) is 3.17. The summed E-state index contributed by atoms with van der Waals surface area (Å²) in [6.45, 7) is 26.6. The zero-order chi connectivity index (χ0) is 40.1. The second-order valence-electron chi connectivity index (χ2n) is 16.5. The summed E-state index contributed by atoms with van der Waals surface area (Å²) in [5.41, 5.74) is 4.70. The van der Waals surface area contributed by atoms with E-state index >= 15 is 0 Å². The number of unbranched alkanes of at least 4 members (excludes halogenated alkanes) is 29. The first-order valence-electron chi connectivity index (χ1n) is 25.1. The Bertz CT molecular complexity index is 593. The summed E-state index contributed by atoms with van der Waals surface area (Å²) < 4.78 is 0. The van der Waals surface area contributed by atoms with E-state index in [0.29, 0.717) is 0 Å². The first kappa shape index (κ1) is 59.2. The zero-order valence-electron chi connectivity index (χ0n) is 39.4. The van der Waals surface area contributed by atoms with Crippen LogP contribution < -0.4 is 5.32 Å². The lowest BCUT2D eigenvalue weighted by atomic mass is 9.93. The van der Waals surface area contributed by atoms with Gasteiger partial charge in [0.15, 0.2) is 0 Å². The van der Waals surface area contributed by atoms with E-state index in [1.807, 2.05) is 0 Å². The molecule has 0 fully saturated rings. The van der Waals surface area contributed by atoms with E-state index in [4.69, 9.17) is 0 Å². The van der Waals surface area contributed by atoms with E-state index < -0.39 is 0 Å². The Kier molecular flexibility index (Phi) is 67.8. The molecule has 0 bridgehead atoms. The molecule has 0 saturated carbocycles. The molecule has 1 unspecified atom stereocenters. The third-order valence-corrected chi connectivity index (χ3v) is 10.6. The van der Waals surface area contributed by atoms with Gasteiger partial charge in [-0.2, -0.15) is 0 Å². The minimum Gasteiger partial charge on any atom is -0.317 e. The van der Waals surface area contributed by atoms with Gasteiger partial charge in [-0.25, -0.2) is 0 Å². The van der Waals surface area contributed by atoms with Gasteiger partial charge in [0.25, 0.3) is 0 Å².